The molecule has 142 valence electrons. The molecular weight excluding hydrogens is 366 g/mol. The zero-order valence-corrected chi connectivity index (χ0v) is 16.0. The molecule has 0 fully saturated rings. The van der Waals surface area contributed by atoms with E-state index in [2.05, 4.69) is 15.2 Å². The third-order valence-corrected chi connectivity index (χ3v) is 5.03. The number of carbonyl (C=O) groups is 2. The van der Waals surface area contributed by atoms with Crippen molar-refractivity contribution < 1.29 is 14.0 Å². The fourth-order valence-corrected chi connectivity index (χ4v) is 3.62. The van der Waals surface area contributed by atoms with E-state index in [0.717, 1.165) is 17.1 Å². The van der Waals surface area contributed by atoms with Gasteiger partial charge in [0.05, 0.1) is 18.6 Å². The number of rotatable bonds is 9. The highest BCUT2D eigenvalue weighted by molar-refractivity contribution is 7.99. The zero-order valence-electron chi connectivity index (χ0n) is 15.2. The van der Waals surface area contributed by atoms with Crippen LogP contribution in [0.4, 0.5) is 0 Å². The highest BCUT2D eigenvalue weighted by Crippen LogP contribution is 2.22. The average Bonchev–Trinajstić information content (AvgIpc) is 3.33. The number of furan rings is 1. The molecule has 0 spiro atoms. The van der Waals surface area contributed by atoms with Gasteiger partial charge in [0.15, 0.2) is 10.9 Å². The van der Waals surface area contributed by atoms with Crippen LogP contribution in [0.5, 0.6) is 0 Å². The van der Waals surface area contributed by atoms with Gasteiger partial charge in [0, 0.05) is 29.8 Å². The molecule has 0 aromatic carbocycles. The van der Waals surface area contributed by atoms with Crippen molar-refractivity contribution in [3.05, 3.63) is 53.0 Å². The van der Waals surface area contributed by atoms with Crippen molar-refractivity contribution in [3.63, 3.8) is 0 Å². The predicted octanol–water partition coefficient (Wildman–Crippen LogP) is 2.26. The normalized spacial score (nSPS) is 11.0. The van der Waals surface area contributed by atoms with E-state index in [0.29, 0.717) is 29.5 Å². The molecule has 0 aliphatic carbocycles. The number of aromatic amines is 1. The van der Waals surface area contributed by atoms with E-state index in [-0.39, 0.29) is 18.0 Å². The van der Waals surface area contributed by atoms with E-state index < -0.39 is 5.91 Å². The van der Waals surface area contributed by atoms with E-state index in [4.69, 9.17) is 10.2 Å². The van der Waals surface area contributed by atoms with Crippen molar-refractivity contribution in [2.24, 2.45) is 5.73 Å². The SMILES string of the molecule is Cc1cc(C(=O)CSc2nnc(CCC(N)=O)n2Cc2ccco2)c(C)[nH]1. The summed E-state index contributed by atoms with van der Waals surface area (Å²) in [5, 5.41) is 8.96. The third kappa shape index (κ3) is 4.68. The molecule has 9 heteroatoms. The Morgan fingerprint density at radius 1 is 1.33 bits per heavy atom. The molecule has 0 aliphatic heterocycles. The van der Waals surface area contributed by atoms with Crippen LogP contribution >= 0.6 is 11.8 Å². The molecule has 3 N–H and O–H groups in total. The number of Topliss-reactive ketones (excluding diaryl/α,β-unsaturated/α-hetero) is 1. The lowest BCUT2D eigenvalue weighted by molar-refractivity contribution is -0.118. The molecule has 3 rings (SSSR count). The molecule has 1 amide bonds. The van der Waals surface area contributed by atoms with Gasteiger partial charge in [-0.05, 0) is 32.0 Å². The van der Waals surface area contributed by atoms with Gasteiger partial charge < -0.3 is 15.1 Å². The van der Waals surface area contributed by atoms with Gasteiger partial charge in [-0.2, -0.15) is 0 Å². The van der Waals surface area contributed by atoms with E-state index in [1.807, 2.05) is 30.5 Å². The number of primary amides is 1. The first kappa shape index (κ1) is 19.0. The lowest BCUT2D eigenvalue weighted by Crippen LogP contribution is -2.14. The predicted molar refractivity (Wildman–Crippen MR) is 101 cm³/mol. The minimum Gasteiger partial charge on any atom is -0.467 e. The van der Waals surface area contributed by atoms with Crippen LogP contribution in [0.3, 0.4) is 0 Å². The van der Waals surface area contributed by atoms with Crippen molar-refractivity contribution >= 4 is 23.5 Å². The summed E-state index contributed by atoms with van der Waals surface area (Å²) >= 11 is 1.31. The van der Waals surface area contributed by atoms with Crippen LogP contribution in [-0.2, 0) is 17.8 Å². The fraction of sp³-hybridized carbons (Fsp3) is 0.333. The van der Waals surface area contributed by atoms with Gasteiger partial charge in [0.2, 0.25) is 5.91 Å². The maximum absolute atomic E-state index is 12.5. The number of H-pyrrole nitrogens is 1. The van der Waals surface area contributed by atoms with Crippen molar-refractivity contribution in [1.82, 2.24) is 19.7 Å². The monoisotopic (exact) mass is 387 g/mol. The summed E-state index contributed by atoms with van der Waals surface area (Å²) in [6, 6.07) is 5.50. The van der Waals surface area contributed by atoms with Crippen LogP contribution in [0, 0.1) is 13.8 Å². The molecule has 0 saturated carbocycles. The van der Waals surface area contributed by atoms with Crippen molar-refractivity contribution in [3.8, 4) is 0 Å². The van der Waals surface area contributed by atoms with E-state index in [9.17, 15) is 9.59 Å². The van der Waals surface area contributed by atoms with Crippen LogP contribution in [-0.4, -0.2) is 37.2 Å². The molecule has 0 saturated heterocycles. The average molecular weight is 387 g/mol. The number of nitrogens with zero attached hydrogens (tertiary/aromatic N) is 3. The number of ketones is 1. The third-order valence-electron chi connectivity index (χ3n) is 4.06. The van der Waals surface area contributed by atoms with Gasteiger partial charge in [0.25, 0.3) is 0 Å². The topological polar surface area (TPSA) is 120 Å². The molecule has 3 aromatic heterocycles. The van der Waals surface area contributed by atoms with Crippen molar-refractivity contribution in [2.75, 3.05) is 5.75 Å². The number of aryl methyl sites for hydroxylation is 3. The van der Waals surface area contributed by atoms with Gasteiger partial charge in [0.1, 0.15) is 11.6 Å². The maximum Gasteiger partial charge on any atom is 0.217 e. The molecule has 0 unspecified atom stereocenters. The largest absolute Gasteiger partial charge is 0.467 e. The van der Waals surface area contributed by atoms with Gasteiger partial charge in [-0.1, -0.05) is 11.8 Å². The second-order valence-electron chi connectivity index (χ2n) is 6.23. The van der Waals surface area contributed by atoms with Crippen LogP contribution in [0.1, 0.15) is 39.8 Å². The number of hydrogen-bond donors (Lipinski definition) is 2. The first-order valence-electron chi connectivity index (χ1n) is 8.49. The highest BCUT2D eigenvalue weighted by Gasteiger charge is 2.18. The van der Waals surface area contributed by atoms with Gasteiger partial charge in [-0.3, -0.25) is 14.2 Å². The summed E-state index contributed by atoms with van der Waals surface area (Å²) in [6.45, 7) is 4.22. The second-order valence-corrected chi connectivity index (χ2v) is 7.18. The summed E-state index contributed by atoms with van der Waals surface area (Å²) in [7, 11) is 0. The Balaban J connectivity index is 1.76. The molecule has 0 aliphatic rings. The lowest BCUT2D eigenvalue weighted by atomic mass is 10.2. The molecular formula is C18H21N5O3S. The highest BCUT2D eigenvalue weighted by atomic mass is 32.2. The number of amides is 1. The number of aromatic nitrogens is 4. The summed E-state index contributed by atoms with van der Waals surface area (Å²) in [5.41, 5.74) is 7.74. The minimum atomic E-state index is -0.398. The summed E-state index contributed by atoms with van der Waals surface area (Å²) in [5.74, 6) is 1.23. The molecule has 8 nitrogen and oxygen atoms in total. The molecule has 27 heavy (non-hydrogen) atoms. The van der Waals surface area contributed by atoms with Crippen LogP contribution in [0.2, 0.25) is 0 Å². The Hall–Kier alpha value is -2.81. The standard InChI is InChI=1S/C18H21N5O3S/c1-11-8-14(12(2)20-11)15(24)10-27-18-22-21-17(6-5-16(19)25)23(18)9-13-4-3-7-26-13/h3-4,7-8,20H,5-6,9-10H2,1-2H3,(H2,19,25). The number of nitrogens with two attached hydrogens (primary N) is 1. The van der Waals surface area contributed by atoms with Crippen molar-refractivity contribution in [2.45, 2.75) is 38.4 Å². The Kier molecular flexibility index (Phi) is 5.80. The van der Waals surface area contributed by atoms with Gasteiger partial charge in [-0.25, -0.2) is 0 Å². The van der Waals surface area contributed by atoms with Gasteiger partial charge in [-0.15, -0.1) is 10.2 Å². The Morgan fingerprint density at radius 2 is 2.15 bits per heavy atom. The second kappa shape index (κ2) is 8.26. The minimum absolute atomic E-state index is 0.0214. The Labute approximate surface area is 160 Å². The number of hydrogen-bond acceptors (Lipinski definition) is 6. The van der Waals surface area contributed by atoms with Gasteiger partial charge >= 0.3 is 0 Å². The fourth-order valence-electron chi connectivity index (χ4n) is 2.78. The van der Waals surface area contributed by atoms with E-state index in [1.165, 1.54) is 11.8 Å². The lowest BCUT2D eigenvalue weighted by Gasteiger charge is -2.08. The summed E-state index contributed by atoms with van der Waals surface area (Å²) < 4.78 is 7.26. The quantitative estimate of drug-likeness (QED) is 0.429. The summed E-state index contributed by atoms with van der Waals surface area (Å²) in [4.78, 5) is 26.8. The van der Waals surface area contributed by atoms with Crippen LogP contribution in [0.25, 0.3) is 0 Å². The zero-order chi connectivity index (χ0) is 19.4. The molecule has 0 radical (unpaired) electrons. The Bertz CT molecular complexity index is 943. The van der Waals surface area contributed by atoms with E-state index in [1.54, 1.807) is 12.3 Å². The Morgan fingerprint density at radius 3 is 2.78 bits per heavy atom. The molecule has 0 atom stereocenters. The number of nitrogens with one attached hydrogen (secondary N) is 1. The van der Waals surface area contributed by atoms with Crippen molar-refractivity contribution in [1.29, 1.82) is 0 Å². The first-order chi connectivity index (χ1) is 12.9. The molecule has 3 aromatic rings. The maximum atomic E-state index is 12.5. The molecule has 3 heterocycles. The first-order valence-corrected chi connectivity index (χ1v) is 9.47. The van der Waals surface area contributed by atoms with Crippen LogP contribution < -0.4 is 5.73 Å². The number of thioether (sulfide) groups is 1. The van der Waals surface area contributed by atoms with Crippen LogP contribution in [0.15, 0.2) is 34.0 Å². The summed E-state index contributed by atoms with van der Waals surface area (Å²) in [6.07, 6.45) is 2.16. The van der Waals surface area contributed by atoms with E-state index >= 15 is 0 Å². The smallest absolute Gasteiger partial charge is 0.217 e. The number of carbonyl (C=O) groups excluding carboxylic acids is 2. The molecule has 0 bridgehead atoms.